The van der Waals surface area contributed by atoms with Crippen LogP contribution in [0.3, 0.4) is 0 Å². The largest absolute Gasteiger partial charge is 0.252 e. The van der Waals surface area contributed by atoms with E-state index in [1.807, 2.05) is 0 Å². The fourth-order valence-electron chi connectivity index (χ4n) is 0.997. The zero-order chi connectivity index (χ0) is 9.97. The quantitative estimate of drug-likeness (QED) is 0.670. The molecule has 2 aromatic heterocycles. The summed E-state index contributed by atoms with van der Waals surface area (Å²) < 4.78 is 13.1. The lowest BCUT2D eigenvalue weighted by molar-refractivity contribution is 0.581. The second-order valence-electron chi connectivity index (χ2n) is 2.51. The first-order chi connectivity index (χ1) is 6.81. The summed E-state index contributed by atoms with van der Waals surface area (Å²) in [4.78, 5) is 8.32. The zero-order valence-electron chi connectivity index (χ0n) is 6.94. The van der Waals surface area contributed by atoms with Gasteiger partial charge >= 0.3 is 0 Å². The van der Waals surface area contributed by atoms with Crippen LogP contribution in [0.25, 0.3) is 10.6 Å². The highest BCUT2D eigenvalue weighted by Crippen LogP contribution is 2.21. The molecule has 0 saturated carbocycles. The highest BCUT2D eigenvalue weighted by Gasteiger charge is 2.06. The number of thiazole rings is 1. The maximum Gasteiger partial charge on any atom is 0.231 e. The summed E-state index contributed by atoms with van der Waals surface area (Å²) in [6.45, 7) is 0. The molecule has 3 nitrogen and oxygen atoms in total. The Balaban J connectivity index is 2.49. The lowest BCUT2D eigenvalue weighted by Gasteiger charge is -1.96. The summed E-state index contributed by atoms with van der Waals surface area (Å²) in [7, 11) is 0. The molecular formula is C9H4FN3S. The summed E-state index contributed by atoms with van der Waals surface area (Å²) >= 11 is 1.37. The Kier molecular flexibility index (Phi) is 2.21. The smallest absolute Gasteiger partial charge is 0.231 e. The van der Waals surface area contributed by atoms with Crippen molar-refractivity contribution in [1.82, 2.24) is 9.97 Å². The number of halogens is 1. The Hall–Kier alpha value is -1.80. The minimum atomic E-state index is -0.738. The van der Waals surface area contributed by atoms with E-state index in [1.54, 1.807) is 23.8 Å². The van der Waals surface area contributed by atoms with Gasteiger partial charge in [0.05, 0.1) is 16.1 Å². The maximum atomic E-state index is 13.1. The predicted octanol–water partition coefficient (Wildman–Crippen LogP) is 2.22. The number of aromatic nitrogens is 2. The molecule has 0 aliphatic rings. The van der Waals surface area contributed by atoms with Gasteiger partial charge in [0, 0.05) is 6.20 Å². The van der Waals surface area contributed by atoms with Crippen LogP contribution in [0.2, 0.25) is 0 Å². The summed E-state index contributed by atoms with van der Waals surface area (Å²) in [5, 5.41) is 8.50. The Morgan fingerprint density at radius 2 is 2.29 bits per heavy atom. The number of hydrogen-bond acceptors (Lipinski definition) is 4. The van der Waals surface area contributed by atoms with Crippen molar-refractivity contribution in [3.8, 4) is 16.6 Å². The Bertz CT molecular complexity index is 487. The van der Waals surface area contributed by atoms with E-state index in [0.717, 1.165) is 4.88 Å². The van der Waals surface area contributed by atoms with Crippen LogP contribution in [0.4, 0.5) is 4.39 Å². The van der Waals surface area contributed by atoms with Gasteiger partial charge in [0.2, 0.25) is 5.95 Å². The van der Waals surface area contributed by atoms with E-state index in [9.17, 15) is 4.39 Å². The maximum absolute atomic E-state index is 13.1. The first kappa shape index (κ1) is 8.78. The lowest BCUT2D eigenvalue weighted by atomic mass is 10.2. The fourth-order valence-corrected chi connectivity index (χ4v) is 1.59. The normalized spacial score (nSPS) is 9.71. The highest BCUT2D eigenvalue weighted by molar-refractivity contribution is 7.13. The van der Waals surface area contributed by atoms with Crippen molar-refractivity contribution < 1.29 is 4.39 Å². The number of hydrogen-bond donors (Lipinski definition) is 0. The minimum Gasteiger partial charge on any atom is -0.252 e. The summed E-state index contributed by atoms with van der Waals surface area (Å²) in [5.41, 5.74) is 2.11. The van der Waals surface area contributed by atoms with Crippen LogP contribution in [-0.4, -0.2) is 9.97 Å². The van der Waals surface area contributed by atoms with Crippen LogP contribution in [0.15, 0.2) is 23.8 Å². The van der Waals surface area contributed by atoms with Crippen LogP contribution in [0.5, 0.6) is 0 Å². The second kappa shape index (κ2) is 3.52. The molecule has 0 fully saturated rings. The number of pyridine rings is 1. The fraction of sp³-hybridized carbons (Fsp3) is 0. The van der Waals surface area contributed by atoms with Crippen molar-refractivity contribution in [2.45, 2.75) is 0 Å². The molecule has 2 rings (SSSR count). The van der Waals surface area contributed by atoms with Crippen molar-refractivity contribution in [2.75, 3.05) is 0 Å². The van der Waals surface area contributed by atoms with Crippen LogP contribution < -0.4 is 0 Å². The van der Waals surface area contributed by atoms with Crippen LogP contribution in [0, 0.1) is 17.3 Å². The van der Waals surface area contributed by atoms with Gasteiger partial charge in [0.25, 0.3) is 0 Å². The number of nitriles is 1. The van der Waals surface area contributed by atoms with Crippen molar-refractivity contribution in [1.29, 1.82) is 5.26 Å². The standard InChI is InChI=1S/C9H4FN3S/c10-9-6(3-11)1-2-7(13-9)8-4-12-5-14-8/h1-2,4-5H. The van der Waals surface area contributed by atoms with Crippen molar-refractivity contribution in [2.24, 2.45) is 0 Å². The molecule has 0 bridgehead atoms. The molecular weight excluding hydrogens is 201 g/mol. The van der Waals surface area contributed by atoms with Crippen molar-refractivity contribution >= 4 is 11.3 Å². The Morgan fingerprint density at radius 1 is 1.43 bits per heavy atom. The minimum absolute atomic E-state index is 0.0433. The molecule has 0 saturated heterocycles. The average molecular weight is 205 g/mol. The van der Waals surface area contributed by atoms with Gasteiger partial charge in [-0.2, -0.15) is 9.65 Å². The van der Waals surface area contributed by atoms with E-state index in [1.165, 1.54) is 17.4 Å². The third-order valence-corrected chi connectivity index (χ3v) is 2.45. The molecule has 68 valence electrons. The summed E-state index contributed by atoms with van der Waals surface area (Å²) in [6.07, 6.45) is 1.61. The monoisotopic (exact) mass is 205 g/mol. The summed E-state index contributed by atoms with van der Waals surface area (Å²) in [6, 6.07) is 4.74. The number of rotatable bonds is 1. The molecule has 0 aliphatic carbocycles. The molecule has 0 atom stereocenters. The van der Waals surface area contributed by atoms with Gasteiger partial charge in [-0.1, -0.05) is 0 Å². The van der Waals surface area contributed by atoms with E-state index in [-0.39, 0.29) is 5.56 Å². The third-order valence-electron chi connectivity index (χ3n) is 1.65. The molecule has 0 aliphatic heterocycles. The van der Waals surface area contributed by atoms with Gasteiger partial charge in [-0.15, -0.1) is 11.3 Å². The van der Waals surface area contributed by atoms with Gasteiger partial charge in [-0.05, 0) is 12.1 Å². The predicted molar refractivity (Wildman–Crippen MR) is 50.0 cm³/mol. The molecule has 0 amide bonds. The molecule has 5 heteroatoms. The molecule has 2 aromatic rings. The Morgan fingerprint density at radius 3 is 2.86 bits per heavy atom. The van der Waals surface area contributed by atoms with Gasteiger partial charge < -0.3 is 0 Å². The van der Waals surface area contributed by atoms with E-state index in [4.69, 9.17) is 5.26 Å². The molecule has 2 heterocycles. The number of nitrogens with zero attached hydrogens (tertiary/aromatic N) is 3. The zero-order valence-corrected chi connectivity index (χ0v) is 7.75. The second-order valence-corrected chi connectivity index (χ2v) is 3.40. The lowest BCUT2D eigenvalue weighted by Crippen LogP contribution is -1.90. The summed E-state index contributed by atoms with van der Waals surface area (Å²) in [5.74, 6) is -0.738. The molecule has 0 spiro atoms. The average Bonchev–Trinajstić information content (AvgIpc) is 2.70. The first-order valence-electron chi connectivity index (χ1n) is 3.77. The topological polar surface area (TPSA) is 49.6 Å². The van der Waals surface area contributed by atoms with Gasteiger partial charge in [-0.3, -0.25) is 4.98 Å². The highest BCUT2D eigenvalue weighted by atomic mass is 32.1. The van der Waals surface area contributed by atoms with E-state index in [2.05, 4.69) is 9.97 Å². The molecule has 0 N–H and O–H groups in total. The van der Waals surface area contributed by atoms with Crippen LogP contribution >= 0.6 is 11.3 Å². The van der Waals surface area contributed by atoms with E-state index < -0.39 is 5.95 Å². The molecule has 0 aromatic carbocycles. The van der Waals surface area contributed by atoms with E-state index >= 15 is 0 Å². The van der Waals surface area contributed by atoms with Gasteiger partial charge in [0.1, 0.15) is 11.6 Å². The van der Waals surface area contributed by atoms with E-state index in [0.29, 0.717) is 5.69 Å². The SMILES string of the molecule is N#Cc1ccc(-c2cncs2)nc1F. The first-order valence-corrected chi connectivity index (χ1v) is 4.65. The van der Waals surface area contributed by atoms with Crippen LogP contribution in [-0.2, 0) is 0 Å². The van der Waals surface area contributed by atoms with Crippen molar-refractivity contribution in [3.05, 3.63) is 35.4 Å². The Labute approximate surface area is 83.5 Å². The van der Waals surface area contributed by atoms with Crippen molar-refractivity contribution in [3.63, 3.8) is 0 Å². The molecule has 14 heavy (non-hydrogen) atoms. The molecule has 0 radical (unpaired) electrons. The van der Waals surface area contributed by atoms with Crippen LogP contribution in [0.1, 0.15) is 5.56 Å². The van der Waals surface area contributed by atoms with Gasteiger partial charge in [0.15, 0.2) is 0 Å². The molecule has 0 unspecified atom stereocenters. The third kappa shape index (κ3) is 1.47. The van der Waals surface area contributed by atoms with Gasteiger partial charge in [-0.25, -0.2) is 4.98 Å².